The van der Waals surface area contributed by atoms with E-state index in [4.69, 9.17) is 5.26 Å². The van der Waals surface area contributed by atoms with Crippen LogP contribution in [-0.4, -0.2) is 42.5 Å². The average Bonchev–Trinajstić information content (AvgIpc) is 2.47. The molecule has 1 aliphatic rings. The summed E-state index contributed by atoms with van der Waals surface area (Å²) >= 11 is 0. The van der Waals surface area contributed by atoms with Crippen molar-refractivity contribution in [2.24, 2.45) is 0 Å². The van der Waals surface area contributed by atoms with Crippen molar-refractivity contribution in [1.29, 1.82) is 5.26 Å². The fourth-order valence-corrected chi connectivity index (χ4v) is 2.58. The van der Waals surface area contributed by atoms with E-state index >= 15 is 0 Å². The highest BCUT2D eigenvalue weighted by molar-refractivity contribution is 5.60. The molecule has 1 aromatic rings. The van der Waals surface area contributed by atoms with Gasteiger partial charge < -0.3 is 4.90 Å². The van der Waals surface area contributed by atoms with Gasteiger partial charge in [-0.05, 0) is 25.6 Å². The molecule has 1 saturated heterocycles. The minimum atomic E-state index is -0.491. The number of piperazine rings is 1. The number of nitriles is 1. The number of hydrogen-bond acceptors (Lipinski definition) is 5. The van der Waals surface area contributed by atoms with E-state index in [1.807, 2.05) is 6.07 Å². The number of rotatable bonds is 3. The molecule has 1 fully saturated rings. The molecule has 0 aromatic heterocycles. The number of benzene rings is 1. The Morgan fingerprint density at radius 2 is 2.25 bits per heavy atom. The van der Waals surface area contributed by atoms with Gasteiger partial charge in [0.05, 0.1) is 4.92 Å². The lowest BCUT2D eigenvalue weighted by molar-refractivity contribution is -0.385. The minimum Gasteiger partial charge on any atom is -0.368 e. The number of nitro groups is 1. The average molecular weight is 274 g/mol. The molecule has 0 aliphatic carbocycles. The summed E-state index contributed by atoms with van der Waals surface area (Å²) in [6.45, 7) is 4.78. The fraction of sp³-hybridized carbons (Fsp3) is 0.500. The van der Waals surface area contributed by atoms with Crippen molar-refractivity contribution >= 4 is 11.4 Å². The Hall–Kier alpha value is -2.13. The second kappa shape index (κ2) is 5.88. The molecule has 6 heteroatoms. The summed E-state index contributed by atoms with van der Waals surface area (Å²) < 4.78 is 0. The molecule has 1 heterocycles. The van der Waals surface area contributed by atoms with Crippen LogP contribution < -0.4 is 4.90 Å². The predicted molar refractivity (Wildman–Crippen MR) is 76.7 cm³/mol. The lowest BCUT2D eigenvalue weighted by Crippen LogP contribution is -2.51. The smallest absolute Gasteiger partial charge is 0.289 e. The third-order valence-electron chi connectivity index (χ3n) is 3.91. The van der Waals surface area contributed by atoms with Gasteiger partial charge in [0.2, 0.25) is 0 Å². The number of hydrogen-bond donors (Lipinski definition) is 0. The molecule has 20 heavy (non-hydrogen) atoms. The van der Waals surface area contributed by atoms with E-state index in [-0.39, 0.29) is 11.3 Å². The van der Waals surface area contributed by atoms with Gasteiger partial charge in [0.15, 0.2) is 0 Å². The standard InChI is InChI=1S/C14H18N4O2/c1-3-12-10-17(7-6-16(12)2)13-5-4-11(9-15)14(8-13)18(19)20/h4-5,8,12H,3,6-7,10H2,1-2H3. The molecule has 1 atom stereocenters. The summed E-state index contributed by atoms with van der Waals surface area (Å²) in [6.07, 6.45) is 1.05. The predicted octanol–water partition coefficient (Wildman–Crippen LogP) is 2.00. The van der Waals surface area contributed by atoms with Crippen LogP contribution in [0.15, 0.2) is 18.2 Å². The van der Waals surface area contributed by atoms with Crippen molar-refractivity contribution in [1.82, 2.24) is 4.90 Å². The molecule has 0 spiro atoms. The normalized spacial score (nSPS) is 19.6. The highest BCUT2D eigenvalue weighted by Crippen LogP contribution is 2.27. The Kier molecular flexibility index (Phi) is 4.20. The van der Waals surface area contributed by atoms with Crippen LogP contribution in [-0.2, 0) is 0 Å². The first-order valence-corrected chi connectivity index (χ1v) is 6.70. The quantitative estimate of drug-likeness (QED) is 0.622. The number of likely N-dealkylation sites (N-methyl/N-ethyl adjacent to an activating group) is 1. The molecule has 0 saturated carbocycles. The van der Waals surface area contributed by atoms with Crippen LogP contribution in [0.5, 0.6) is 0 Å². The molecule has 0 N–H and O–H groups in total. The Morgan fingerprint density at radius 1 is 1.50 bits per heavy atom. The van der Waals surface area contributed by atoms with E-state index in [0.29, 0.717) is 6.04 Å². The molecular weight excluding hydrogens is 256 g/mol. The molecule has 0 bridgehead atoms. The zero-order chi connectivity index (χ0) is 14.7. The molecule has 0 radical (unpaired) electrons. The van der Waals surface area contributed by atoms with Gasteiger partial charge in [-0.2, -0.15) is 5.26 Å². The molecule has 1 unspecified atom stereocenters. The second-order valence-electron chi connectivity index (χ2n) is 5.06. The van der Waals surface area contributed by atoms with Crippen LogP contribution in [0, 0.1) is 21.4 Å². The topological polar surface area (TPSA) is 73.4 Å². The maximum Gasteiger partial charge on any atom is 0.289 e. The molecular formula is C14H18N4O2. The van der Waals surface area contributed by atoms with Crippen LogP contribution in [0.4, 0.5) is 11.4 Å². The summed E-state index contributed by atoms with van der Waals surface area (Å²) in [7, 11) is 2.10. The van der Waals surface area contributed by atoms with E-state index in [2.05, 4.69) is 23.8 Å². The van der Waals surface area contributed by atoms with Crippen molar-refractivity contribution in [3.05, 3.63) is 33.9 Å². The van der Waals surface area contributed by atoms with Gasteiger partial charge in [-0.15, -0.1) is 0 Å². The summed E-state index contributed by atoms with van der Waals surface area (Å²) in [6, 6.07) is 7.16. The van der Waals surface area contributed by atoms with Gasteiger partial charge in [0.1, 0.15) is 11.6 Å². The highest BCUT2D eigenvalue weighted by Gasteiger charge is 2.24. The van der Waals surface area contributed by atoms with E-state index in [9.17, 15) is 10.1 Å². The number of nitrogens with zero attached hydrogens (tertiary/aromatic N) is 4. The maximum absolute atomic E-state index is 11.0. The van der Waals surface area contributed by atoms with Gasteiger partial charge in [0.25, 0.3) is 5.69 Å². The number of nitro benzene ring substituents is 1. The molecule has 0 amide bonds. The molecule has 106 valence electrons. The van der Waals surface area contributed by atoms with E-state index in [0.717, 1.165) is 31.7 Å². The van der Waals surface area contributed by atoms with E-state index in [1.165, 1.54) is 12.1 Å². The van der Waals surface area contributed by atoms with Gasteiger partial charge >= 0.3 is 0 Å². The Bertz CT molecular complexity index is 553. The van der Waals surface area contributed by atoms with Crippen molar-refractivity contribution in [3.63, 3.8) is 0 Å². The zero-order valence-electron chi connectivity index (χ0n) is 11.7. The SMILES string of the molecule is CCC1CN(c2ccc(C#N)c([N+](=O)[O-])c2)CCN1C. The van der Waals surface area contributed by atoms with Crippen molar-refractivity contribution in [2.45, 2.75) is 19.4 Å². The van der Waals surface area contributed by atoms with Crippen LogP contribution in [0.1, 0.15) is 18.9 Å². The lowest BCUT2D eigenvalue weighted by atomic mass is 10.1. The van der Waals surface area contributed by atoms with Crippen LogP contribution >= 0.6 is 0 Å². The van der Waals surface area contributed by atoms with Gasteiger partial charge in [-0.1, -0.05) is 6.92 Å². The van der Waals surface area contributed by atoms with Gasteiger partial charge in [0, 0.05) is 37.4 Å². The van der Waals surface area contributed by atoms with Gasteiger partial charge in [-0.25, -0.2) is 0 Å². The molecule has 6 nitrogen and oxygen atoms in total. The zero-order valence-corrected chi connectivity index (χ0v) is 11.7. The van der Waals surface area contributed by atoms with Crippen molar-refractivity contribution in [3.8, 4) is 6.07 Å². The van der Waals surface area contributed by atoms with E-state index < -0.39 is 4.92 Å². The monoisotopic (exact) mass is 274 g/mol. The number of anilines is 1. The summed E-state index contributed by atoms with van der Waals surface area (Å²) in [5.74, 6) is 0. The Balaban J connectivity index is 2.28. The fourth-order valence-electron chi connectivity index (χ4n) is 2.58. The first-order chi connectivity index (χ1) is 9.56. The summed E-state index contributed by atoms with van der Waals surface area (Å²) in [5.41, 5.74) is 0.819. The van der Waals surface area contributed by atoms with Crippen LogP contribution in [0.3, 0.4) is 0 Å². The van der Waals surface area contributed by atoms with E-state index in [1.54, 1.807) is 6.07 Å². The Morgan fingerprint density at radius 3 is 2.85 bits per heavy atom. The molecule has 2 rings (SSSR count). The van der Waals surface area contributed by atoms with Crippen LogP contribution in [0.2, 0.25) is 0 Å². The van der Waals surface area contributed by atoms with Crippen molar-refractivity contribution < 1.29 is 4.92 Å². The Labute approximate surface area is 118 Å². The summed E-state index contributed by atoms with van der Waals surface area (Å²) in [5, 5.41) is 19.9. The van der Waals surface area contributed by atoms with Gasteiger partial charge in [-0.3, -0.25) is 15.0 Å². The maximum atomic E-state index is 11.0. The third-order valence-corrected chi connectivity index (χ3v) is 3.91. The highest BCUT2D eigenvalue weighted by atomic mass is 16.6. The first-order valence-electron chi connectivity index (χ1n) is 6.70. The van der Waals surface area contributed by atoms with Crippen LogP contribution in [0.25, 0.3) is 0 Å². The molecule has 1 aliphatic heterocycles. The molecule has 1 aromatic carbocycles. The second-order valence-corrected chi connectivity index (χ2v) is 5.06. The minimum absolute atomic E-state index is 0.111. The first kappa shape index (κ1) is 14.3. The largest absolute Gasteiger partial charge is 0.368 e. The van der Waals surface area contributed by atoms with Crippen molar-refractivity contribution in [2.75, 3.05) is 31.6 Å². The lowest BCUT2D eigenvalue weighted by Gasteiger charge is -2.40. The third kappa shape index (κ3) is 2.73. The summed E-state index contributed by atoms with van der Waals surface area (Å²) in [4.78, 5) is 15.0.